The SMILES string of the molecule is Cc1cc(C)c2[nH]oc(=O)c2c1. The maximum atomic E-state index is 11.1. The molecule has 0 saturated carbocycles. The van der Waals surface area contributed by atoms with Gasteiger partial charge in [0, 0.05) is 0 Å². The Morgan fingerprint density at radius 2 is 2.08 bits per heavy atom. The molecule has 0 amide bonds. The molecule has 0 atom stereocenters. The van der Waals surface area contributed by atoms with E-state index in [1.807, 2.05) is 26.0 Å². The molecule has 0 aliphatic carbocycles. The Labute approximate surface area is 69.0 Å². The van der Waals surface area contributed by atoms with Crippen LogP contribution in [0.4, 0.5) is 0 Å². The molecule has 0 unspecified atom stereocenters. The fourth-order valence-electron chi connectivity index (χ4n) is 1.42. The minimum Gasteiger partial charge on any atom is -0.338 e. The van der Waals surface area contributed by atoms with Gasteiger partial charge in [0.25, 0.3) is 0 Å². The number of aromatic nitrogens is 1. The first-order valence-electron chi connectivity index (χ1n) is 3.77. The summed E-state index contributed by atoms with van der Waals surface area (Å²) in [5.74, 6) is 0. The summed E-state index contributed by atoms with van der Waals surface area (Å²) in [7, 11) is 0. The van der Waals surface area contributed by atoms with E-state index in [1.165, 1.54) is 0 Å². The van der Waals surface area contributed by atoms with Gasteiger partial charge >= 0.3 is 5.63 Å². The molecule has 1 aromatic carbocycles. The lowest BCUT2D eigenvalue weighted by atomic mass is 10.1. The molecule has 0 bridgehead atoms. The number of rotatable bonds is 0. The molecule has 62 valence electrons. The molecule has 12 heavy (non-hydrogen) atoms. The van der Waals surface area contributed by atoms with Crippen molar-refractivity contribution in [2.45, 2.75) is 13.8 Å². The number of H-pyrrole nitrogens is 1. The molecule has 2 aromatic rings. The van der Waals surface area contributed by atoms with E-state index in [0.717, 1.165) is 16.6 Å². The van der Waals surface area contributed by atoms with Gasteiger partial charge in [0.1, 0.15) is 0 Å². The summed E-state index contributed by atoms with van der Waals surface area (Å²) in [6.07, 6.45) is 0. The molecule has 1 heterocycles. The van der Waals surface area contributed by atoms with Gasteiger partial charge in [0.15, 0.2) is 0 Å². The summed E-state index contributed by atoms with van der Waals surface area (Å²) in [5, 5.41) is 3.23. The first-order valence-corrected chi connectivity index (χ1v) is 3.77. The molecule has 1 aromatic heterocycles. The average Bonchev–Trinajstić information content (AvgIpc) is 2.33. The van der Waals surface area contributed by atoms with Crippen LogP contribution in [0.1, 0.15) is 11.1 Å². The molecule has 0 fully saturated rings. The highest BCUT2D eigenvalue weighted by Gasteiger charge is 2.05. The van der Waals surface area contributed by atoms with Crippen LogP contribution in [0.2, 0.25) is 0 Å². The molecule has 0 radical (unpaired) electrons. The highest BCUT2D eigenvalue weighted by atomic mass is 16.5. The predicted octanol–water partition coefficient (Wildman–Crippen LogP) is 1.74. The smallest absolute Gasteiger partial charge is 0.338 e. The maximum absolute atomic E-state index is 11.1. The fourth-order valence-corrected chi connectivity index (χ4v) is 1.42. The summed E-state index contributed by atoms with van der Waals surface area (Å²) < 4.78 is 4.67. The van der Waals surface area contributed by atoms with Crippen molar-refractivity contribution in [3.63, 3.8) is 0 Å². The summed E-state index contributed by atoms with van der Waals surface area (Å²) in [6.45, 7) is 3.90. The lowest BCUT2D eigenvalue weighted by Gasteiger charge is -1.95. The zero-order chi connectivity index (χ0) is 8.72. The summed E-state index contributed by atoms with van der Waals surface area (Å²) in [5.41, 5.74) is 2.62. The molecule has 3 heteroatoms. The molecule has 0 aliphatic heterocycles. The number of hydrogen-bond donors (Lipinski definition) is 1. The van der Waals surface area contributed by atoms with E-state index >= 15 is 0 Å². The van der Waals surface area contributed by atoms with Crippen LogP contribution in [0.15, 0.2) is 21.5 Å². The lowest BCUT2D eigenvalue weighted by Crippen LogP contribution is -1.91. The quantitative estimate of drug-likeness (QED) is 0.643. The third-order valence-electron chi connectivity index (χ3n) is 1.95. The third-order valence-corrected chi connectivity index (χ3v) is 1.95. The van der Waals surface area contributed by atoms with Gasteiger partial charge in [0.2, 0.25) is 0 Å². The molecule has 0 aliphatic rings. The van der Waals surface area contributed by atoms with Crippen molar-refractivity contribution in [3.8, 4) is 0 Å². The second-order valence-electron chi connectivity index (χ2n) is 3.00. The van der Waals surface area contributed by atoms with E-state index in [2.05, 4.69) is 9.68 Å². The molecule has 0 saturated heterocycles. The second-order valence-corrected chi connectivity index (χ2v) is 3.00. The summed E-state index contributed by atoms with van der Waals surface area (Å²) in [4.78, 5) is 11.1. The standard InChI is InChI=1S/C9H9NO2/c1-5-3-6(2)8-7(4-5)9(11)12-10-8/h3-4,10H,1-2H3. The van der Waals surface area contributed by atoms with Gasteiger partial charge in [-0.25, -0.2) is 9.95 Å². The average molecular weight is 163 g/mol. The fraction of sp³-hybridized carbons (Fsp3) is 0.222. The van der Waals surface area contributed by atoms with Crippen LogP contribution >= 0.6 is 0 Å². The molecule has 2 rings (SSSR count). The Morgan fingerprint density at radius 1 is 1.33 bits per heavy atom. The van der Waals surface area contributed by atoms with Gasteiger partial charge in [-0.3, -0.25) is 0 Å². The van der Waals surface area contributed by atoms with Crippen LogP contribution in [0.3, 0.4) is 0 Å². The predicted molar refractivity (Wildman–Crippen MR) is 46.3 cm³/mol. The minimum atomic E-state index is -0.295. The van der Waals surface area contributed by atoms with Crippen molar-refractivity contribution in [2.75, 3.05) is 0 Å². The van der Waals surface area contributed by atoms with Gasteiger partial charge in [-0.05, 0) is 31.0 Å². The molecular formula is C9H9NO2. The zero-order valence-corrected chi connectivity index (χ0v) is 6.97. The normalized spacial score (nSPS) is 10.8. The van der Waals surface area contributed by atoms with Gasteiger partial charge in [0.05, 0.1) is 10.9 Å². The molecule has 1 N–H and O–H groups in total. The van der Waals surface area contributed by atoms with Crippen LogP contribution in [0.25, 0.3) is 10.9 Å². The topological polar surface area (TPSA) is 46.0 Å². The van der Waals surface area contributed by atoms with Crippen molar-refractivity contribution < 1.29 is 4.52 Å². The van der Waals surface area contributed by atoms with Crippen molar-refractivity contribution in [3.05, 3.63) is 33.7 Å². The summed E-state index contributed by atoms with van der Waals surface area (Å²) in [6, 6.07) is 3.83. The summed E-state index contributed by atoms with van der Waals surface area (Å²) >= 11 is 0. The van der Waals surface area contributed by atoms with Crippen LogP contribution in [-0.2, 0) is 0 Å². The molecule has 3 nitrogen and oxygen atoms in total. The maximum Gasteiger partial charge on any atom is 0.365 e. The van der Waals surface area contributed by atoms with Gasteiger partial charge in [-0.1, -0.05) is 6.07 Å². The first kappa shape index (κ1) is 7.16. The van der Waals surface area contributed by atoms with E-state index in [0.29, 0.717) is 5.39 Å². The number of hydrogen-bond acceptors (Lipinski definition) is 2. The first-order chi connectivity index (χ1) is 5.68. The van der Waals surface area contributed by atoms with Crippen molar-refractivity contribution in [1.29, 1.82) is 0 Å². The Balaban J connectivity index is 3.02. The Morgan fingerprint density at radius 3 is 2.83 bits per heavy atom. The van der Waals surface area contributed by atoms with Crippen LogP contribution in [0.5, 0.6) is 0 Å². The number of nitrogens with one attached hydrogen (secondary N) is 1. The molecular weight excluding hydrogens is 154 g/mol. The van der Waals surface area contributed by atoms with E-state index < -0.39 is 0 Å². The zero-order valence-electron chi connectivity index (χ0n) is 6.97. The number of fused-ring (bicyclic) bond motifs is 1. The Kier molecular flexibility index (Phi) is 1.33. The lowest BCUT2D eigenvalue weighted by molar-refractivity contribution is 0.399. The largest absolute Gasteiger partial charge is 0.365 e. The number of benzene rings is 1. The number of aryl methyl sites for hydroxylation is 2. The Hall–Kier alpha value is -1.51. The van der Waals surface area contributed by atoms with Crippen LogP contribution < -0.4 is 5.63 Å². The van der Waals surface area contributed by atoms with Gasteiger partial charge in [-0.15, -0.1) is 0 Å². The van der Waals surface area contributed by atoms with Gasteiger partial charge in [-0.2, -0.15) is 0 Å². The van der Waals surface area contributed by atoms with Crippen LogP contribution in [0, 0.1) is 13.8 Å². The Bertz CT molecular complexity index is 479. The van der Waals surface area contributed by atoms with Crippen molar-refractivity contribution in [1.82, 2.24) is 5.16 Å². The van der Waals surface area contributed by atoms with E-state index in [9.17, 15) is 4.79 Å². The van der Waals surface area contributed by atoms with Crippen molar-refractivity contribution >= 4 is 10.9 Å². The van der Waals surface area contributed by atoms with E-state index in [1.54, 1.807) is 0 Å². The van der Waals surface area contributed by atoms with Crippen LogP contribution in [-0.4, -0.2) is 5.16 Å². The monoisotopic (exact) mass is 163 g/mol. The second kappa shape index (κ2) is 2.24. The third kappa shape index (κ3) is 0.863. The van der Waals surface area contributed by atoms with Gasteiger partial charge < -0.3 is 4.52 Å². The highest BCUT2D eigenvalue weighted by molar-refractivity contribution is 5.81. The number of aromatic amines is 1. The van der Waals surface area contributed by atoms with Crippen molar-refractivity contribution in [2.24, 2.45) is 0 Å². The van der Waals surface area contributed by atoms with E-state index in [4.69, 9.17) is 0 Å². The minimum absolute atomic E-state index is 0.295. The van der Waals surface area contributed by atoms with E-state index in [-0.39, 0.29) is 5.63 Å². The highest BCUT2D eigenvalue weighted by Crippen LogP contribution is 2.14. The molecule has 0 spiro atoms.